The molecule has 0 amide bonds. The van der Waals surface area contributed by atoms with E-state index in [1.54, 1.807) is 0 Å². The Morgan fingerprint density at radius 2 is 1.75 bits per heavy atom. The Bertz CT molecular complexity index is 386. The summed E-state index contributed by atoms with van der Waals surface area (Å²) < 4.78 is 0. The van der Waals surface area contributed by atoms with E-state index in [9.17, 15) is 0 Å². The van der Waals surface area contributed by atoms with Crippen molar-refractivity contribution < 1.29 is 0 Å². The van der Waals surface area contributed by atoms with E-state index in [-0.39, 0.29) is 0 Å². The Kier molecular flexibility index (Phi) is 2.12. The standard InChI is InChI=1S/C15H24Si/c1-11-10-12-14(16(2,3)4)13(11)15(12)8-6-5-7-9-15/h10-11H,5-9H2,1-4H3. The van der Waals surface area contributed by atoms with Crippen molar-refractivity contribution in [1.29, 1.82) is 0 Å². The predicted molar refractivity (Wildman–Crippen MR) is 73.1 cm³/mol. The summed E-state index contributed by atoms with van der Waals surface area (Å²) in [5.74, 6) is 0.773. The molecule has 4 aliphatic rings. The van der Waals surface area contributed by atoms with Gasteiger partial charge < -0.3 is 0 Å². The van der Waals surface area contributed by atoms with Gasteiger partial charge in [0.1, 0.15) is 0 Å². The molecule has 88 valence electrons. The van der Waals surface area contributed by atoms with E-state index in [2.05, 4.69) is 32.6 Å². The van der Waals surface area contributed by atoms with Crippen LogP contribution < -0.4 is 0 Å². The molecule has 0 N–H and O–H groups in total. The molecular weight excluding hydrogens is 208 g/mol. The first-order chi connectivity index (χ1) is 7.47. The second-order valence-electron chi connectivity index (χ2n) is 7.05. The molecule has 2 bridgehead atoms. The first kappa shape index (κ1) is 10.8. The molecule has 0 aromatic carbocycles. The van der Waals surface area contributed by atoms with Crippen LogP contribution in [-0.4, -0.2) is 8.07 Å². The Morgan fingerprint density at radius 1 is 1.12 bits per heavy atom. The Balaban J connectivity index is 2.04. The van der Waals surface area contributed by atoms with Gasteiger partial charge in [0.05, 0.1) is 8.07 Å². The summed E-state index contributed by atoms with van der Waals surface area (Å²) in [6, 6.07) is 0. The van der Waals surface area contributed by atoms with Gasteiger partial charge >= 0.3 is 0 Å². The maximum atomic E-state index is 2.61. The third-order valence-corrected chi connectivity index (χ3v) is 6.94. The summed E-state index contributed by atoms with van der Waals surface area (Å²) >= 11 is 0. The lowest BCUT2D eigenvalue weighted by Crippen LogP contribution is -2.44. The summed E-state index contributed by atoms with van der Waals surface area (Å²) in [5, 5.41) is 1.86. The van der Waals surface area contributed by atoms with E-state index in [0.29, 0.717) is 5.41 Å². The lowest BCUT2D eigenvalue weighted by molar-refractivity contribution is 0.272. The van der Waals surface area contributed by atoms with Crippen LogP contribution in [0.4, 0.5) is 0 Å². The van der Waals surface area contributed by atoms with Crippen molar-refractivity contribution in [2.24, 2.45) is 11.3 Å². The number of rotatable bonds is 1. The second kappa shape index (κ2) is 3.13. The van der Waals surface area contributed by atoms with Gasteiger partial charge in [0.25, 0.3) is 0 Å². The smallest absolute Gasteiger partial charge is 0.0736 e. The summed E-state index contributed by atoms with van der Waals surface area (Å²) in [6.45, 7) is 9.98. The molecular formula is C15H24Si. The van der Waals surface area contributed by atoms with Crippen molar-refractivity contribution in [3.05, 3.63) is 22.4 Å². The molecule has 0 aromatic rings. The SMILES string of the molecule is CC1C=C2C([Si](C)(C)C)=C1C21CCCCC1. The average Bonchev–Trinajstić information content (AvgIpc) is 2.69. The quantitative estimate of drug-likeness (QED) is 0.575. The van der Waals surface area contributed by atoms with Crippen molar-refractivity contribution >= 4 is 8.07 Å². The number of allylic oxidation sites excluding steroid dienone is 4. The zero-order valence-electron chi connectivity index (χ0n) is 11.2. The minimum absolute atomic E-state index is 0.604. The van der Waals surface area contributed by atoms with Gasteiger partial charge in [0.2, 0.25) is 0 Å². The molecule has 0 aromatic heterocycles. The minimum atomic E-state index is -1.08. The van der Waals surface area contributed by atoms with E-state index in [4.69, 9.17) is 0 Å². The van der Waals surface area contributed by atoms with Crippen molar-refractivity contribution in [3.63, 3.8) is 0 Å². The maximum Gasteiger partial charge on any atom is 0.0779 e. The van der Waals surface area contributed by atoms with E-state index in [0.717, 1.165) is 5.92 Å². The van der Waals surface area contributed by atoms with Crippen LogP contribution >= 0.6 is 0 Å². The molecule has 4 aliphatic carbocycles. The molecule has 1 spiro atoms. The molecule has 0 heterocycles. The predicted octanol–water partition coefficient (Wildman–Crippen LogP) is 4.70. The molecule has 0 nitrogen and oxygen atoms in total. The lowest BCUT2D eigenvalue weighted by atomic mass is 9.59. The largest absolute Gasteiger partial charge is 0.0779 e. The molecule has 16 heavy (non-hydrogen) atoms. The van der Waals surface area contributed by atoms with Crippen LogP contribution in [0.2, 0.25) is 19.6 Å². The van der Waals surface area contributed by atoms with Crippen LogP contribution in [0.3, 0.4) is 0 Å². The fourth-order valence-corrected chi connectivity index (χ4v) is 6.85. The summed E-state index contributed by atoms with van der Waals surface area (Å²) in [7, 11) is -1.08. The topological polar surface area (TPSA) is 0 Å². The molecule has 0 aliphatic heterocycles. The molecule has 1 fully saturated rings. The van der Waals surface area contributed by atoms with Gasteiger partial charge in [-0.15, -0.1) is 0 Å². The fourth-order valence-electron chi connectivity index (χ4n) is 4.45. The van der Waals surface area contributed by atoms with Gasteiger partial charge in [-0.3, -0.25) is 0 Å². The first-order valence-corrected chi connectivity index (χ1v) is 10.4. The van der Waals surface area contributed by atoms with E-state index in [1.165, 1.54) is 32.1 Å². The Hall–Kier alpha value is -0.303. The van der Waals surface area contributed by atoms with E-state index >= 15 is 0 Å². The third kappa shape index (κ3) is 1.16. The maximum absolute atomic E-state index is 2.61. The van der Waals surface area contributed by atoms with Gasteiger partial charge in [-0.2, -0.15) is 0 Å². The molecule has 0 saturated heterocycles. The van der Waals surface area contributed by atoms with Crippen LogP contribution in [0.5, 0.6) is 0 Å². The van der Waals surface area contributed by atoms with Crippen molar-refractivity contribution in [3.8, 4) is 0 Å². The van der Waals surface area contributed by atoms with Crippen molar-refractivity contribution in [1.82, 2.24) is 0 Å². The normalized spacial score (nSPS) is 31.8. The van der Waals surface area contributed by atoms with Gasteiger partial charge in [-0.25, -0.2) is 0 Å². The Labute approximate surface area is 101 Å². The Morgan fingerprint density at radius 3 is 2.19 bits per heavy atom. The van der Waals surface area contributed by atoms with Gasteiger partial charge in [-0.1, -0.05) is 62.7 Å². The molecule has 4 rings (SSSR count). The first-order valence-electron chi connectivity index (χ1n) is 6.95. The molecule has 1 unspecified atom stereocenters. The third-order valence-electron chi connectivity index (χ3n) is 4.90. The minimum Gasteiger partial charge on any atom is -0.0736 e. The monoisotopic (exact) mass is 232 g/mol. The van der Waals surface area contributed by atoms with Crippen LogP contribution in [-0.2, 0) is 0 Å². The lowest BCUT2D eigenvalue weighted by Gasteiger charge is -2.51. The summed E-state index contributed by atoms with van der Waals surface area (Å²) in [6.07, 6.45) is 9.94. The number of fused-ring (bicyclic) bond motifs is 1. The highest BCUT2D eigenvalue weighted by molar-refractivity contribution is 6.84. The van der Waals surface area contributed by atoms with E-state index in [1.807, 2.05) is 16.3 Å². The molecule has 0 radical (unpaired) electrons. The zero-order valence-corrected chi connectivity index (χ0v) is 12.2. The highest BCUT2D eigenvalue weighted by Crippen LogP contribution is 2.67. The molecule has 1 saturated carbocycles. The van der Waals surface area contributed by atoms with Crippen molar-refractivity contribution in [2.75, 3.05) is 0 Å². The summed E-state index contributed by atoms with van der Waals surface area (Å²) in [5.41, 5.74) is 4.31. The van der Waals surface area contributed by atoms with E-state index < -0.39 is 8.07 Å². The average molecular weight is 232 g/mol. The second-order valence-corrected chi connectivity index (χ2v) is 12.1. The number of hydrogen-bond donors (Lipinski definition) is 0. The van der Waals surface area contributed by atoms with Crippen molar-refractivity contribution in [2.45, 2.75) is 58.7 Å². The number of hydrogen-bond acceptors (Lipinski definition) is 0. The van der Waals surface area contributed by atoms with Crippen LogP contribution in [0, 0.1) is 11.3 Å². The summed E-state index contributed by atoms with van der Waals surface area (Å²) in [4.78, 5) is 0. The van der Waals surface area contributed by atoms with Crippen LogP contribution in [0.1, 0.15) is 39.0 Å². The van der Waals surface area contributed by atoms with Crippen LogP contribution in [0.15, 0.2) is 22.4 Å². The van der Waals surface area contributed by atoms with Gasteiger partial charge in [0, 0.05) is 5.41 Å². The zero-order chi connectivity index (χ0) is 11.6. The van der Waals surface area contributed by atoms with Gasteiger partial charge in [0.15, 0.2) is 0 Å². The molecule has 1 atom stereocenters. The fraction of sp³-hybridized carbons (Fsp3) is 0.733. The van der Waals surface area contributed by atoms with Crippen LogP contribution in [0.25, 0.3) is 0 Å². The highest BCUT2D eigenvalue weighted by Gasteiger charge is 2.56. The highest BCUT2D eigenvalue weighted by atomic mass is 28.3. The molecule has 1 heteroatoms. The van der Waals surface area contributed by atoms with Gasteiger partial charge in [-0.05, 0) is 24.3 Å².